The smallest absolute Gasteiger partial charge is 0.309 e. The fraction of sp³-hybridized carbons (Fsp3) is 0.632. The minimum atomic E-state index is -0.706. The summed E-state index contributed by atoms with van der Waals surface area (Å²) in [5.74, 6) is 0.0739. The lowest BCUT2D eigenvalue weighted by Gasteiger charge is -2.18. The Labute approximate surface area is 129 Å². The number of carboxylic acid groups (broad SMARTS) is 1. The number of hydrogen-bond acceptors (Lipinski definition) is 1. The van der Waals surface area contributed by atoms with Crippen molar-refractivity contribution >= 4 is 5.97 Å². The number of benzene rings is 1. The van der Waals surface area contributed by atoms with Gasteiger partial charge in [0.15, 0.2) is 0 Å². The van der Waals surface area contributed by atoms with Crippen LogP contribution in [0.5, 0.6) is 0 Å². The topological polar surface area (TPSA) is 37.3 Å². The molecule has 0 aliphatic rings. The Morgan fingerprint density at radius 2 is 1.52 bits per heavy atom. The SMILES string of the molecule is CC(C)CCCc1ccc(CCCC(C)(C)C(=O)O)cc1. The van der Waals surface area contributed by atoms with Crippen molar-refractivity contribution in [3.8, 4) is 0 Å². The highest BCUT2D eigenvalue weighted by Gasteiger charge is 2.25. The van der Waals surface area contributed by atoms with Gasteiger partial charge in [0.25, 0.3) is 0 Å². The average Bonchev–Trinajstić information content (AvgIpc) is 2.40. The Morgan fingerprint density at radius 1 is 1.05 bits per heavy atom. The molecule has 1 aromatic carbocycles. The van der Waals surface area contributed by atoms with Crippen LogP contribution in [0.3, 0.4) is 0 Å². The van der Waals surface area contributed by atoms with Crippen LogP contribution in [0.2, 0.25) is 0 Å². The molecule has 0 saturated carbocycles. The molecule has 0 spiro atoms. The van der Waals surface area contributed by atoms with E-state index in [2.05, 4.69) is 38.1 Å². The normalized spacial score (nSPS) is 11.9. The minimum absolute atomic E-state index is 0.614. The maximum atomic E-state index is 11.1. The Kier molecular flexibility index (Phi) is 6.94. The monoisotopic (exact) mass is 290 g/mol. The second-order valence-corrected chi connectivity index (χ2v) is 7.15. The molecule has 0 aliphatic carbocycles. The van der Waals surface area contributed by atoms with Gasteiger partial charge < -0.3 is 5.11 Å². The third kappa shape index (κ3) is 6.79. The molecule has 1 aromatic rings. The fourth-order valence-corrected chi connectivity index (χ4v) is 2.43. The van der Waals surface area contributed by atoms with Gasteiger partial charge in [-0.25, -0.2) is 0 Å². The second kappa shape index (κ2) is 8.21. The molecule has 0 aliphatic heterocycles. The molecular formula is C19H30O2. The van der Waals surface area contributed by atoms with Crippen molar-refractivity contribution in [2.24, 2.45) is 11.3 Å². The van der Waals surface area contributed by atoms with Gasteiger partial charge in [0.2, 0.25) is 0 Å². The molecule has 0 heterocycles. The zero-order valence-corrected chi connectivity index (χ0v) is 14.0. The summed E-state index contributed by atoms with van der Waals surface area (Å²) < 4.78 is 0. The highest BCUT2D eigenvalue weighted by molar-refractivity contribution is 5.73. The van der Waals surface area contributed by atoms with Gasteiger partial charge in [0.1, 0.15) is 0 Å². The van der Waals surface area contributed by atoms with Gasteiger partial charge >= 0.3 is 5.97 Å². The van der Waals surface area contributed by atoms with Crippen molar-refractivity contribution in [1.29, 1.82) is 0 Å². The average molecular weight is 290 g/mol. The summed E-state index contributed by atoms with van der Waals surface area (Å²) in [4.78, 5) is 11.1. The molecule has 0 fully saturated rings. The van der Waals surface area contributed by atoms with E-state index in [1.165, 1.54) is 24.0 Å². The van der Waals surface area contributed by atoms with Crippen molar-refractivity contribution in [2.45, 2.75) is 66.2 Å². The zero-order chi connectivity index (χ0) is 15.9. The second-order valence-electron chi connectivity index (χ2n) is 7.15. The maximum absolute atomic E-state index is 11.1. The lowest BCUT2D eigenvalue weighted by Crippen LogP contribution is -2.23. The molecule has 1 rings (SSSR count). The maximum Gasteiger partial charge on any atom is 0.309 e. The third-order valence-corrected chi connectivity index (χ3v) is 4.12. The van der Waals surface area contributed by atoms with Crippen LogP contribution in [0.4, 0.5) is 0 Å². The van der Waals surface area contributed by atoms with Crippen LogP contribution >= 0.6 is 0 Å². The van der Waals surface area contributed by atoms with E-state index in [-0.39, 0.29) is 0 Å². The van der Waals surface area contributed by atoms with Crippen LogP contribution in [-0.4, -0.2) is 11.1 Å². The van der Waals surface area contributed by atoms with Crippen molar-refractivity contribution in [3.63, 3.8) is 0 Å². The number of aliphatic carboxylic acids is 1. The Bertz CT molecular complexity index is 429. The summed E-state index contributed by atoms with van der Waals surface area (Å²) in [6.45, 7) is 8.13. The Hall–Kier alpha value is -1.31. The van der Waals surface area contributed by atoms with E-state index in [9.17, 15) is 4.79 Å². The minimum Gasteiger partial charge on any atom is -0.481 e. The summed E-state index contributed by atoms with van der Waals surface area (Å²) in [7, 11) is 0. The van der Waals surface area contributed by atoms with Gasteiger partial charge in [0, 0.05) is 0 Å². The molecular weight excluding hydrogens is 260 g/mol. The molecule has 118 valence electrons. The Morgan fingerprint density at radius 3 is 1.95 bits per heavy atom. The summed E-state index contributed by atoms with van der Waals surface area (Å²) in [6, 6.07) is 8.83. The Balaban J connectivity index is 2.36. The first-order valence-corrected chi connectivity index (χ1v) is 8.12. The van der Waals surface area contributed by atoms with Crippen LogP contribution in [-0.2, 0) is 17.6 Å². The van der Waals surface area contributed by atoms with Gasteiger partial charge in [-0.15, -0.1) is 0 Å². The summed E-state index contributed by atoms with van der Waals surface area (Å²) in [5, 5.41) is 9.10. The van der Waals surface area contributed by atoms with Crippen molar-refractivity contribution in [2.75, 3.05) is 0 Å². The number of aryl methyl sites for hydroxylation is 2. The molecule has 0 unspecified atom stereocenters. The highest BCUT2D eigenvalue weighted by Crippen LogP contribution is 2.23. The van der Waals surface area contributed by atoms with Gasteiger partial charge in [0.05, 0.1) is 5.41 Å². The third-order valence-electron chi connectivity index (χ3n) is 4.12. The van der Waals surface area contributed by atoms with Gasteiger partial charge in [-0.3, -0.25) is 4.79 Å². The van der Waals surface area contributed by atoms with E-state index in [0.29, 0.717) is 0 Å². The van der Waals surface area contributed by atoms with E-state index >= 15 is 0 Å². The fourth-order valence-electron chi connectivity index (χ4n) is 2.43. The van der Waals surface area contributed by atoms with E-state index in [4.69, 9.17) is 5.11 Å². The number of hydrogen-bond donors (Lipinski definition) is 1. The van der Waals surface area contributed by atoms with E-state index in [0.717, 1.165) is 31.6 Å². The molecule has 0 atom stereocenters. The van der Waals surface area contributed by atoms with E-state index in [1.807, 2.05) is 0 Å². The van der Waals surface area contributed by atoms with E-state index < -0.39 is 11.4 Å². The van der Waals surface area contributed by atoms with Crippen LogP contribution in [0.15, 0.2) is 24.3 Å². The predicted octanol–water partition coefficient (Wildman–Crippen LogP) is 5.10. The van der Waals surface area contributed by atoms with Crippen molar-refractivity contribution in [1.82, 2.24) is 0 Å². The quantitative estimate of drug-likeness (QED) is 0.687. The van der Waals surface area contributed by atoms with Crippen LogP contribution in [0.1, 0.15) is 64.5 Å². The number of rotatable bonds is 9. The van der Waals surface area contributed by atoms with E-state index in [1.54, 1.807) is 13.8 Å². The standard InChI is InChI=1S/C19H30O2/c1-15(2)7-5-8-16-10-12-17(13-11-16)9-6-14-19(3,4)18(20)21/h10-13,15H,5-9,14H2,1-4H3,(H,20,21). The predicted molar refractivity (Wildman–Crippen MR) is 88.6 cm³/mol. The van der Waals surface area contributed by atoms with Crippen LogP contribution in [0.25, 0.3) is 0 Å². The zero-order valence-electron chi connectivity index (χ0n) is 14.0. The molecule has 2 heteroatoms. The molecule has 2 nitrogen and oxygen atoms in total. The molecule has 0 radical (unpaired) electrons. The van der Waals surface area contributed by atoms with Gasteiger partial charge in [-0.1, -0.05) is 44.5 Å². The highest BCUT2D eigenvalue weighted by atomic mass is 16.4. The molecule has 1 N–H and O–H groups in total. The summed E-state index contributed by atoms with van der Waals surface area (Å²) >= 11 is 0. The summed E-state index contributed by atoms with van der Waals surface area (Å²) in [5.41, 5.74) is 2.10. The number of carboxylic acids is 1. The van der Waals surface area contributed by atoms with Crippen LogP contribution in [0, 0.1) is 11.3 Å². The van der Waals surface area contributed by atoms with Gasteiger partial charge in [-0.2, -0.15) is 0 Å². The van der Waals surface area contributed by atoms with Crippen molar-refractivity contribution in [3.05, 3.63) is 35.4 Å². The number of carbonyl (C=O) groups is 1. The molecule has 0 amide bonds. The lowest BCUT2D eigenvalue weighted by atomic mass is 9.86. The first-order valence-electron chi connectivity index (χ1n) is 8.12. The van der Waals surface area contributed by atoms with Crippen molar-refractivity contribution < 1.29 is 9.90 Å². The first kappa shape index (κ1) is 17.7. The molecule has 0 saturated heterocycles. The molecule has 21 heavy (non-hydrogen) atoms. The summed E-state index contributed by atoms with van der Waals surface area (Å²) in [6.07, 6.45) is 6.30. The van der Waals surface area contributed by atoms with Gasteiger partial charge in [-0.05, 0) is 63.0 Å². The van der Waals surface area contributed by atoms with Crippen LogP contribution < -0.4 is 0 Å². The molecule has 0 aromatic heterocycles. The molecule has 0 bridgehead atoms. The first-order chi connectivity index (χ1) is 9.81. The largest absolute Gasteiger partial charge is 0.481 e. The lowest BCUT2D eigenvalue weighted by molar-refractivity contribution is -0.147.